The third-order valence-electron chi connectivity index (χ3n) is 4.52. The molecule has 1 aliphatic carbocycles. The smallest absolute Gasteiger partial charge is 0.306 e. The number of hydrogen-bond donors (Lipinski definition) is 1. The van der Waals surface area contributed by atoms with Crippen LogP contribution in [-0.2, 0) is 9.59 Å². The number of thioether (sulfide) groups is 1. The summed E-state index contributed by atoms with van der Waals surface area (Å²) in [5.74, 6) is 0.648. The summed E-state index contributed by atoms with van der Waals surface area (Å²) in [7, 11) is 0. The first-order chi connectivity index (χ1) is 9.49. The Morgan fingerprint density at radius 2 is 1.95 bits per heavy atom. The van der Waals surface area contributed by atoms with Crippen molar-refractivity contribution in [2.24, 2.45) is 17.8 Å². The predicted molar refractivity (Wildman–Crippen MR) is 80.7 cm³/mol. The van der Waals surface area contributed by atoms with Crippen molar-refractivity contribution in [3.05, 3.63) is 0 Å². The zero-order chi connectivity index (χ0) is 14.7. The average Bonchev–Trinajstić information content (AvgIpc) is 2.46. The molecule has 2 fully saturated rings. The van der Waals surface area contributed by atoms with E-state index in [1.807, 2.05) is 16.7 Å². The highest BCUT2D eigenvalue weighted by Crippen LogP contribution is 2.32. The first-order valence-electron chi connectivity index (χ1n) is 7.62. The number of aliphatic carboxylic acids is 1. The second kappa shape index (κ2) is 6.83. The molecule has 2 rings (SSSR count). The van der Waals surface area contributed by atoms with Gasteiger partial charge in [-0.25, -0.2) is 0 Å². The summed E-state index contributed by atoms with van der Waals surface area (Å²) in [6, 6.07) is 0. The molecule has 0 radical (unpaired) electrons. The number of carboxylic acid groups (broad SMARTS) is 1. The molecule has 5 heteroatoms. The van der Waals surface area contributed by atoms with Gasteiger partial charge in [-0.2, -0.15) is 11.8 Å². The standard InChI is InChI=1S/C15H25NO3S/c1-10(2)13-9-16(6-7-20-13)14(17)11-4-3-5-12(8-11)15(18)19/h10-13H,3-9H2,1-2H3,(H,18,19). The Kier molecular flexibility index (Phi) is 5.35. The molecule has 1 amide bonds. The minimum atomic E-state index is -0.739. The molecule has 4 nitrogen and oxygen atoms in total. The molecule has 0 aromatic carbocycles. The molecule has 114 valence electrons. The van der Waals surface area contributed by atoms with Crippen molar-refractivity contribution in [3.8, 4) is 0 Å². The second-order valence-corrected chi connectivity index (χ2v) is 7.68. The van der Waals surface area contributed by atoms with E-state index in [0.717, 1.165) is 38.1 Å². The van der Waals surface area contributed by atoms with Gasteiger partial charge in [0, 0.05) is 30.0 Å². The Labute approximate surface area is 125 Å². The van der Waals surface area contributed by atoms with Gasteiger partial charge in [-0.3, -0.25) is 9.59 Å². The molecule has 2 aliphatic rings. The molecule has 3 unspecified atom stereocenters. The van der Waals surface area contributed by atoms with Crippen LogP contribution in [0.15, 0.2) is 0 Å². The minimum absolute atomic E-state index is 0.0687. The Morgan fingerprint density at radius 1 is 1.25 bits per heavy atom. The van der Waals surface area contributed by atoms with E-state index in [1.54, 1.807) is 0 Å². The number of carbonyl (C=O) groups excluding carboxylic acids is 1. The van der Waals surface area contributed by atoms with Crippen molar-refractivity contribution in [2.75, 3.05) is 18.8 Å². The zero-order valence-corrected chi connectivity index (χ0v) is 13.2. The molecule has 20 heavy (non-hydrogen) atoms. The van der Waals surface area contributed by atoms with E-state index in [0.29, 0.717) is 17.6 Å². The van der Waals surface area contributed by atoms with E-state index in [-0.39, 0.29) is 17.7 Å². The monoisotopic (exact) mass is 299 g/mol. The first kappa shape index (κ1) is 15.7. The van der Waals surface area contributed by atoms with Crippen molar-refractivity contribution in [2.45, 2.75) is 44.8 Å². The summed E-state index contributed by atoms with van der Waals surface area (Å²) in [4.78, 5) is 25.7. The lowest BCUT2D eigenvalue weighted by atomic mass is 9.80. The van der Waals surface area contributed by atoms with Crippen LogP contribution in [0.4, 0.5) is 0 Å². The number of carbonyl (C=O) groups is 2. The average molecular weight is 299 g/mol. The number of hydrogen-bond acceptors (Lipinski definition) is 3. The van der Waals surface area contributed by atoms with Crippen LogP contribution in [0.3, 0.4) is 0 Å². The first-order valence-corrected chi connectivity index (χ1v) is 8.67. The van der Waals surface area contributed by atoms with Gasteiger partial charge in [0.25, 0.3) is 0 Å². The van der Waals surface area contributed by atoms with Crippen molar-refractivity contribution in [1.29, 1.82) is 0 Å². The van der Waals surface area contributed by atoms with Crippen molar-refractivity contribution < 1.29 is 14.7 Å². The van der Waals surface area contributed by atoms with E-state index in [9.17, 15) is 9.59 Å². The van der Waals surface area contributed by atoms with E-state index >= 15 is 0 Å². The molecular weight excluding hydrogens is 274 g/mol. The van der Waals surface area contributed by atoms with Crippen LogP contribution in [-0.4, -0.2) is 46.0 Å². The minimum Gasteiger partial charge on any atom is -0.481 e. The maximum absolute atomic E-state index is 12.6. The van der Waals surface area contributed by atoms with Crippen LogP contribution >= 0.6 is 11.8 Å². The number of carboxylic acids is 1. The molecule has 1 saturated carbocycles. The van der Waals surface area contributed by atoms with Crippen LogP contribution in [0, 0.1) is 17.8 Å². The SMILES string of the molecule is CC(C)C1CN(C(=O)C2CCCC(C(=O)O)C2)CCS1. The van der Waals surface area contributed by atoms with Crippen LogP contribution in [0.2, 0.25) is 0 Å². The lowest BCUT2D eigenvalue weighted by molar-refractivity contribution is -0.145. The Hall–Kier alpha value is -0.710. The topological polar surface area (TPSA) is 57.6 Å². The Bertz CT molecular complexity index is 372. The van der Waals surface area contributed by atoms with Crippen molar-refractivity contribution in [1.82, 2.24) is 4.90 Å². The van der Waals surface area contributed by atoms with Gasteiger partial charge in [0.05, 0.1) is 5.92 Å². The highest BCUT2D eigenvalue weighted by atomic mass is 32.2. The van der Waals surface area contributed by atoms with Crippen LogP contribution in [0.25, 0.3) is 0 Å². The molecule has 0 aromatic heterocycles. The van der Waals surface area contributed by atoms with E-state index < -0.39 is 5.97 Å². The van der Waals surface area contributed by atoms with Gasteiger partial charge in [-0.1, -0.05) is 20.3 Å². The molecule has 1 saturated heterocycles. The Morgan fingerprint density at radius 3 is 2.60 bits per heavy atom. The summed E-state index contributed by atoms with van der Waals surface area (Å²) in [6.45, 7) is 6.05. The molecule has 1 heterocycles. The van der Waals surface area contributed by atoms with E-state index in [2.05, 4.69) is 13.8 Å². The normalized spacial score (nSPS) is 31.4. The molecule has 0 aromatic rings. The summed E-state index contributed by atoms with van der Waals surface area (Å²) in [5, 5.41) is 9.65. The fourth-order valence-electron chi connectivity index (χ4n) is 3.18. The number of amides is 1. The number of rotatable bonds is 3. The van der Waals surface area contributed by atoms with E-state index in [4.69, 9.17) is 5.11 Å². The highest BCUT2D eigenvalue weighted by molar-refractivity contribution is 8.00. The lowest BCUT2D eigenvalue weighted by Gasteiger charge is -2.37. The highest BCUT2D eigenvalue weighted by Gasteiger charge is 2.35. The molecule has 3 atom stereocenters. The lowest BCUT2D eigenvalue weighted by Crippen LogP contribution is -2.47. The largest absolute Gasteiger partial charge is 0.481 e. The quantitative estimate of drug-likeness (QED) is 0.870. The van der Waals surface area contributed by atoms with Gasteiger partial charge >= 0.3 is 5.97 Å². The second-order valence-electron chi connectivity index (χ2n) is 6.34. The van der Waals surface area contributed by atoms with Crippen LogP contribution in [0.1, 0.15) is 39.5 Å². The van der Waals surface area contributed by atoms with Gasteiger partial charge in [0.2, 0.25) is 5.91 Å². The molecule has 0 bridgehead atoms. The van der Waals surface area contributed by atoms with Gasteiger partial charge in [0.15, 0.2) is 0 Å². The molecule has 1 aliphatic heterocycles. The van der Waals surface area contributed by atoms with Crippen LogP contribution in [0.5, 0.6) is 0 Å². The van der Waals surface area contributed by atoms with Crippen molar-refractivity contribution in [3.63, 3.8) is 0 Å². The van der Waals surface area contributed by atoms with Gasteiger partial charge in [0.1, 0.15) is 0 Å². The third kappa shape index (κ3) is 3.68. The number of nitrogens with zero attached hydrogens (tertiary/aromatic N) is 1. The summed E-state index contributed by atoms with van der Waals surface area (Å²) in [6.07, 6.45) is 2.98. The van der Waals surface area contributed by atoms with Gasteiger partial charge in [-0.05, 0) is 25.2 Å². The van der Waals surface area contributed by atoms with Crippen LogP contribution < -0.4 is 0 Å². The maximum Gasteiger partial charge on any atom is 0.306 e. The molecule has 0 spiro atoms. The van der Waals surface area contributed by atoms with Gasteiger partial charge < -0.3 is 10.0 Å². The fourth-order valence-corrected chi connectivity index (χ4v) is 4.47. The molecule has 1 N–H and O–H groups in total. The van der Waals surface area contributed by atoms with Gasteiger partial charge in [-0.15, -0.1) is 0 Å². The summed E-state index contributed by atoms with van der Waals surface area (Å²) < 4.78 is 0. The van der Waals surface area contributed by atoms with Crippen molar-refractivity contribution >= 4 is 23.6 Å². The van der Waals surface area contributed by atoms with E-state index in [1.165, 1.54) is 0 Å². The summed E-state index contributed by atoms with van der Waals surface area (Å²) >= 11 is 1.96. The third-order valence-corrected chi connectivity index (χ3v) is 6.06. The molecular formula is C15H25NO3S. The summed E-state index contributed by atoms with van der Waals surface area (Å²) in [5.41, 5.74) is 0. The predicted octanol–water partition coefficient (Wildman–Crippen LogP) is 2.48. The maximum atomic E-state index is 12.6. The fraction of sp³-hybridized carbons (Fsp3) is 0.867. The Balaban J connectivity index is 1.94. The zero-order valence-electron chi connectivity index (χ0n) is 12.4.